The maximum Gasteiger partial charge on any atom is 0.435 e. The van der Waals surface area contributed by atoms with E-state index in [9.17, 15) is 26.0 Å². The lowest BCUT2D eigenvalue weighted by molar-refractivity contribution is -0.141. The molecule has 2 N–H and O–H groups in total. The molecule has 0 aliphatic rings. The number of hydrogen-bond donors (Lipinski definition) is 1. The second-order valence-corrected chi connectivity index (χ2v) is 7.17. The molecule has 0 aliphatic carbocycles. The monoisotopic (exact) mass is 381 g/mol. The summed E-state index contributed by atoms with van der Waals surface area (Å²) in [6, 6.07) is 3.34. The van der Waals surface area contributed by atoms with Crippen LogP contribution in [0.25, 0.3) is 5.69 Å². The van der Waals surface area contributed by atoms with Crippen LogP contribution in [0.5, 0.6) is 5.88 Å². The predicted octanol–water partition coefficient (Wildman–Crippen LogP) is 2.71. The molecule has 1 aromatic carbocycles. The van der Waals surface area contributed by atoms with E-state index in [2.05, 4.69) is 5.10 Å². The van der Waals surface area contributed by atoms with Crippen molar-refractivity contribution < 1.29 is 30.7 Å². The van der Waals surface area contributed by atoms with E-state index < -0.39 is 32.6 Å². The normalized spacial score (nSPS) is 12.6. The molecule has 6 nitrogen and oxygen atoms in total. The molecule has 0 fully saturated rings. The van der Waals surface area contributed by atoms with Crippen LogP contribution in [0.3, 0.4) is 0 Å². The summed E-state index contributed by atoms with van der Waals surface area (Å²) < 4.78 is 81.1. The van der Waals surface area contributed by atoms with Gasteiger partial charge >= 0.3 is 6.18 Å². The molecule has 1 aromatic heterocycles. The van der Waals surface area contributed by atoms with Crippen molar-refractivity contribution in [3.05, 3.63) is 35.8 Å². The number of benzene rings is 1. The lowest BCUT2D eigenvalue weighted by atomic mass is 10.2. The number of nitrogens with two attached hydrogens (primary N) is 1. The van der Waals surface area contributed by atoms with E-state index in [0.29, 0.717) is 6.07 Å². The number of alkyl halides is 3. The van der Waals surface area contributed by atoms with Gasteiger partial charge in [0.05, 0.1) is 12.3 Å². The molecule has 0 aliphatic heterocycles. The largest absolute Gasteiger partial charge is 0.477 e. The zero-order valence-electron chi connectivity index (χ0n) is 13.2. The minimum Gasteiger partial charge on any atom is -0.477 e. The fourth-order valence-corrected chi connectivity index (χ4v) is 2.48. The first-order valence-corrected chi connectivity index (χ1v) is 8.57. The molecular weight excluding hydrogens is 366 g/mol. The summed E-state index contributed by atoms with van der Waals surface area (Å²) in [6.07, 6.45) is -4.72. The summed E-state index contributed by atoms with van der Waals surface area (Å²) in [6.45, 7) is 3.71. The van der Waals surface area contributed by atoms with Crippen LogP contribution in [0, 0.1) is 11.7 Å². The fraction of sp³-hybridized carbons (Fsp3) is 0.357. The molecule has 1 heterocycles. The molecule has 0 saturated heterocycles. The Kier molecular flexibility index (Phi) is 5.09. The average Bonchev–Trinajstić information content (AvgIpc) is 2.87. The lowest BCUT2D eigenvalue weighted by Gasteiger charge is -2.11. The molecule has 11 heteroatoms. The third-order valence-corrected chi connectivity index (χ3v) is 3.94. The molecule has 0 unspecified atom stereocenters. The Morgan fingerprint density at radius 3 is 2.40 bits per heavy atom. The third kappa shape index (κ3) is 4.48. The van der Waals surface area contributed by atoms with Crippen molar-refractivity contribution in [2.24, 2.45) is 11.1 Å². The van der Waals surface area contributed by atoms with Crippen molar-refractivity contribution >= 4 is 10.0 Å². The number of ether oxygens (including phenoxy) is 1. The van der Waals surface area contributed by atoms with Crippen molar-refractivity contribution in [2.45, 2.75) is 24.9 Å². The van der Waals surface area contributed by atoms with Gasteiger partial charge in [-0.1, -0.05) is 13.8 Å². The molecule has 0 atom stereocenters. The maximum absolute atomic E-state index is 14.0. The van der Waals surface area contributed by atoms with Gasteiger partial charge in [-0.2, -0.15) is 18.3 Å². The number of rotatable bonds is 5. The van der Waals surface area contributed by atoms with Gasteiger partial charge in [0, 0.05) is 12.1 Å². The summed E-state index contributed by atoms with van der Waals surface area (Å²) in [4.78, 5) is -0.774. The van der Waals surface area contributed by atoms with Gasteiger partial charge in [0.15, 0.2) is 5.69 Å². The Morgan fingerprint density at radius 2 is 1.92 bits per heavy atom. The number of primary sulfonamides is 1. The van der Waals surface area contributed by atoms with Crippen LogP contribution in [0.15, 0.2) is 29.2 Å². The smallest absolute Gasteiger partial charge is 0.435 e. The molecular formula is C14H15F4N3O3S. The van der Waals surface area contributed by atoms with E-state index in [4.69, 9.17) is 9.88 Å². The van der Waals surface area contributed by atoms with Gasteiger partial charge in [0.25, 0.3) is 0 Å². The molecule has 0 amide bonds. The molecule has 0 bridgehead atoms. The van der Waals surface area contributed by atoms with Crippen molar-refractivity contribution in [1.82, 2.24) is 9.78 Å². The van der Waals surface area contributed by atoms with Crippen LogP contribution < -0.4 is 9.88 Å². The average molecular weight is 381 g/mol. The molecule has 2 aromatic rings. The topological polar surface area (TPSA) is 87.2 Å². The fourth-order valence-electron chi connectivity index (χ4n) is 1.89. The highest BCUT2D eigenvalue weighted by Crippen LogP contribution is 2.32. The van der Waals surface area contributed by atoms with Crippen LogP contribution in [0.4, 0.5) is 17.6 Å². The minimum absolute atomic E-state index is 0.0270. The molecule has 138 valence electrons. The first-order valence-electron chi connectivity index (χ1n) is 7.02. The van der Waals surface area contributed by atoms with Gasteiger partial charge in [-0.3, -0.25) is 0 Å². The molecule has 2 rings (SSSR count). The standard InChI is InChI=1S/C14H15F4N3O3S/c1-8(2)7-24-13-6-12(14(16,17)18)20-21(13)9-3-4-11(10(15)5-9)25(19,22)23/h3-6,8H,7H2,1-2H3,(H2,19,22,23). The maximum atomic E-state index is 14.0. The minimum atomic E-state index is -4.72. The number of sulfonamides is 1. The highest BCUT2D eigenvalue weighted by Gasteiger charge is 2.35. The van der Waals surface area contributed by atoms with Crippen molar-refractivity contribution in [1.29, 1.82) is 0 Å². The van der Waals surface area contributed by atoms with E-state index in [1.807, 2.05) is 0 Å². The highest BCUT2D eigenvalue weighted by atomic mass is 32.2. The van der Waals surface area contributed by atoms with Crippen molar-refractivity contribution in [3.8, 4) is 11.6 Å². The zero-order chi connectivity index (χ0) is 19.0. The van der Waals surface area contributed by atoms with Crippen molar-refractivity contribution in [2.75, 3.05) is 6.61 Å². The lowest BCUT2D eigenvalue weighted by Crippen LogP contribution is -2.15. The van der Waals surface area contributed by atoms with Gasteiger partial charge in [-0.15, -0.1) is 0 Å². The Hall–Kier alpha value is -2.14. The van der Waals surface area contributed by atoms with E-state index in [0.717, 1.165) is 22.9 Å². The predicted molar refractivity (Wildman–Crippen MR) is 80.2 cm³/mol. The summed E-state index contributed by atoms with van der Waals surface area (Å²) >= 11 is 0. The SMILES string of the molecule is CC(C)COc1cc(C(F)(F)F)nn1-c1ccc(S(N)(=O)=O)c(F)c1. The number of halogens is 4. The Labute approximate surface area is 141 Å². The van der Waals surface area contributed by atoms with E-state index in [-0.39, 0.29) is 24.1 Å². The molecule has 0 spiro atoms. The summed E-state index contributed by atoms with van der Waals surface area (Å²) in [7, 11) is -4.30. The third-order valence-electron chi connectivity index (χ3n) is 3.00. The van der Waals surface area contributed by atoms with Gasteiger partial charge in [-0.25, -0.2) is 22.6 Å². The Morgan fingerprint density at radius 1 is 1.28 bits per heavy atom. The molecule has 0 radical (unpaired) electrons. The van der Waals surface area contributed by atoms with Gasteiger partial charge < -0.3 is 4.74 Å². The van der Waals surface area contributed by atoms with Gasteiger partial charge in [0.2, 0.25) is 15.9 Å². The van der Waals surface area contributed by atoms with Crippen LogP contribution >= 0.6 is 0 Å². The zero-order valence-corrected chi connectivity index (χ0v) is 14.0. The number of aromatic nitrogens is 2. The quantitative estimate of drug-likeness (QED) is 0.807. The van der Waals surface area contributed by atoms with Gasteiger partial charge in [-0.05, 0) is 18.1 Å². The summed E-state index contributed by atoms with van der Waals surface area (Å²) in [5.74, 6) is -1.43. The summed E-state index contributed by atoms with van der Waals surface area (Å²) in [5.41, 5.74) is -1.36. The number of hydrogen-bond acceptors (Lipinski definition) is 4. The van der Waals surface area contributed by atoms with E-state index in [1.165, 1.54) is 0 Å². The second-order valence-electron chi connectivity index (χ2n) is 5.64. The Balaban J connectivity index is 2.53. The van der Waals surface area contributed by atoms with Crippen LogP contribution in [-0.4, -0.2) is 24.8 Å². The van der Waals surface area contributed by atoms with Crippen LogP contribution in [0.1, 0.15) is 19.5 Å². The van der Waals surface area contributed by atoms with E-state index >= 15 is 0 Å². The first kappa shape index (κ1) is 19.2. The summed E-state index contributed by atoms with van der Waals surface area (Å²) in [5, 5.41) is 8.24. The number of nitrogens with zero attached hydrogens (tertiary/aromatic N) is 2. The second kappa shape index (κ2) is 6.64. The van der Waals surface area contributed by atoms with Crippen LogP contribution in [0.2, 0.25) is 0 Å². The van der Waals surface area contributed by atoms with Crippen LogP contribution in [-0.2, 0) is 16.2 Å². The van der Waals surface area contributed by atoms with E-state index in [1.54, 1.807) is 13.8 Å². The van der Waals surface area contributed by atoms with Crippen molar-refractivity contribution in [3.63, 3.8) is 0 Å². The Bertz CT molecular complexity index is 876. The highest BCUT2D eigenvalue weighted by molar-refractivity contribution is 7.89. The van der Waals surface area contributed by atoms with Gasteiger partial charge in [0.1, 0.15) is 10.7 Å². The molecule has 25 heavy (non-hydrogen) atoms. The molecule has 0 saturated carbocycles. The first-order chi connectivity index (χ1) is 11.4.